The fourth-order valence-corrected chi connectivity index (χ4v) is 2.97. The molecule has 1 heterocycles. The summed E-state index contributed by atoms with van der Waals surface area (Å²) in [5.41, 5.74) is 1.74. The van der Waals surface area contributed by atoms with Crippen LogP contribution in [0.1, 0.15) is 47.6 Å². The van der Waals surface area contributed by atoms with E-state index in [4.69, 9.17) is 9.47 Å². The minimum absolute atomic E-state index is 0.131. The average Bonchev–Trinajstić information content (AvgIpc) is 2.94. The molecule has 7 heteroatoms. The van der Waals surface area contributed by atoms with Gasteiger partial charge in [0.1, 0.15) is 10.6 Å². The standard InChI is InChI=1S/C18H22N2O4S/c1-5-23-17(22)16-12(4)19-18(25-16)20-15(21)10-24-14-8-6-13(7-9-14)11(2)3/h6-9,11H,5,10H2,1-4H3,(H,19,20,21). The van der Waals surface area contributed by atoms with Crippen LogP contribution >= 0.6 is 11.3 Å². The van der Waals surface area contributed by atoms with Crippen LogP contribution in [0.15, 0.2) is 24.3 Å². The summed E-state index contributed by atoms with van der Waals surface area (Å²) in [6.45, 7) is 7.83. The Morgan fingerprint density at radius 1 is 1.24 bits per heavy atom. The largest absolute Gasteiger partial charge is 0.484 e. The molecule has 0 fully saturated rings. The minimum atomic E-state index is -0.431. The molecular formula is C18H22N2O4S. The zero-order valence-electron chi connectivity index (χ0n) is 14.8. The number of hydrogen-bond donors (Lipinski definition) is 1. The average molecular weight is 362 g/mol. The first-order chi connectivity index (χ1) is 11.9. The second kappa shape index (κ2) is 8.62. The molecule has 0 aliphatic heterocycles. The molecule has 25 heavy (non-hydrogen) atoms. The Morgan fingerprint density at radius 2 is 1.92 bits per heavy atom. The number of aromatic nitrogens is 1. The summed E-state index contributed by atoms with van der Waals surface area (Å²) >= 11 is 1.09. The molecule has 0 bridgehead atoms. The number of nitrogens with one attached hydrogen (secondary N) is 1. The van der Waals surface area contributed by atoms with Crippen molar-refractivity contribution in [3.63, 3.8) is 0 Å². The van der Waals surface area contributed by atoms with Gasteiger partial charge in [0.15, 0.2) is 11.7 Å². The third-order valence-electron chi connectivity index (χ3n) is 3.42. The number of carbonyl (C=O) groups excluding carboxylic acids is 2. The number of benzene rings is 1. The maximum atomic E-state index is 12.0. The van der Waals surface area contributed by atoms with Crippen molar-refractivity contribution in [2.45, 2.75) is 33.6 Å². The second-order valence-corrected chi connectivity index (χ2v) is 6.71. The van der Waals surface area contributed by atoms with Gasteiger partial charge in [-0.05, 0) is 37.5 Å². The van der Waals surface area contributed by atoms with E-state index in [1.807, 2.05) is 24.3 Å². The van der Waals surface area contributed by atoms with E-state index in [-0.39, 0.29) is 12.5 Å². The van der Waals surface area contributed by atoms with Crippen LogP contribution in [0.25, 0.3) is 0 Å². The molecule has 2 rings (SSSR count). The number of nitrogens with zero attached hydrogens (tertiary/aromatic N) is 1. The number of ether oxygens (including phenoxy) is 2. The summed E-state index contributed by atoms with van der Waals surface area (Å²) in [6.07, 6.45) is 0. The highest BCUT2D eigenvalue weighted by atomic mass is 32.1. The van der Waals surface area contributed by atoms with E-state index >= 15 is 0 Å². The van der Waals surface area contributed by atoms with Crippen LogP contribution in [-0.2, 0) is 9.53 Å². The van der Waals surface area contributed by atoms with Crippen LogP contribution in [0.5, 0.6) is 5.75 Å². The van der Waals surface area contributed by atoms with Gasteiger partial charge in [0, 0.05) is 0 Å². The lowest BCUT2D eigenvalue weighted by Gasteiger charge is -2.08. The molecule has 1 aromatic carbocycles. The molecule has 1 amide bonds. The van der Waals surface area contributed by atoms with Crippen LogP contribution in [0, 0.1) is 6.92 Å². The topological polar surface area (TPSA) is 77.5 Å². The normalized spacial score (nSPS) is 10.6. The van der Waals surface area contributed by atoms with Crippen molar-refractivity contribution in [2.24, 2.45) is 0 Å². The number of carbonyl (C=O) groups is 2. The quantitative estimate of drug-likeness (QED) is 0.759. The van der Waals surface area contributed by atoms with E-state index in [1.54, 1.807) is 13.8 Å². The lowest BCUT2D eigenvalue weighted by Crippen LogP contribution is -2.20. The molecule has 0 saturated carbocycles. The molecule has 6 nitrogen and oxygen atoms in total. The van der Waals surface area contributed by atoms with Crippen molar-refractivity contribution < 1.29 is 19.1 Å². The number of esters is 1. The predicted molar refractivity (Wildman–Crippen MR) is 97.5 cm³/mol. The van der Waals surface area contributed by atoms with Crippen LogP contribution in [0.3, 0.4) is 0 Å². The molecule has 1 aromatic heterocycles. The molecule has 2 aromatic rings. The molecule has 0 aliphatic carbocycles. The van der Waals surface area contributed by atoms with Gasteiger partial charge < -0.3 is 9.47 Å². The monoisotopic (exact) mass is 362 g/mol. The van der Waals surface area contributed by atoms with E-state index in [0.29, 0.717) is 34.0 Å². The molecule has 1 N–H and O–H groups in total. The summed E-state index contributed by atoms with van der Waals surface area (Å²) in [4.78, 5) is 28.3. The third-order valence-corrected chi connectivity index (χ3v) is 4.47. The lowest BCUT2D eigenvalue weighted by molar-refractivity contribution is -0.118. The van der Waals surface area contributed by atoms with Crippen molar-refractivity contribution in [1.29, 1.82) is 0 Å². The van der Waals surface area contributed by atoms with E-state index < -0.39 is 5.97 Å². The zero-order valence-corrected chi connectivity index (χ0v) is 15.6. The van der Waals surface area contributed by atoms with Gasteiger partial charge in [0.05, 0.1) is 12.3 Å². The first kappa shape index (κ1) is 18.9. The summed E-state index contributed by atoms with van der Waals surface area (Å²) in [6, 6.07) is 7.64. The van der Waals surface area contributed by atoms with Crippen LogP contribution in [0.2, 0.25) is 0 Å². The van der Waals surface area contributed by atoms with Crippen molar-refractivity contribution in [2.75, 3.05) is 18.5 Å². The van der Waals surface area contributed by atoms with Gasteiger partial charge >= 0.3 is 5.97 Å². The number of amides is 1. The van der Waals surface area contributed by atoms with Crippen molar-refractivity contribution in [3.8, 4) is 5.75 Å². The summed E-state index contributed by atoms with van der Waals surface area (Å²) in [7, 11) is 0. The first-order valence-electron chi connectivity index (χ1n) is 8.07. The van der Waals surface area contributed by atoms with Gasteiger partial charge in [-0.15, -0.1) is 0 Å². The fourth-order valence-electron chi connectivity index (χ4n) is 2.09. The zero-order chi connectivity index (χ0) is 18.4. The Bertz CT molecular complexity index is 738. The number of hydrogen-bond acceptors (Lipinski definition) is 6. The maximum absolute atomic E-state index is 12.0. The highest BCUT2D eigenvalue weighted by molar-refractivity contribution is 7.17. The number of anilines is 1. The summed E-state index contributed by atoms with van der Waals surface area (Å²) in [5, 5.41) is 2.99. The molecule has 0 unspecified atom stereocenters. The van der Waals surface area contributed by atoms with Crippen molar-refractivity contribution in [3.05, 3.63) is 40.4 Å². The lowest BCUT2D eigenvalue weighted by atomic mass is 10.0. The molecular weight excluding hydrogens is 340 g/mol. The fraction of sp³-hybridized carbons (Fsp3) is 0.389. The third kappa shape index (κ3) is 5.29. The minimum Gasteiger partial charge on any atom is -0.484 e. The Hall–Kier alpha value is -2.41. The highest BCUT2D eigenvalue weighted by Crippen LogP contribution is 2.23. The molecule has 0 radical (unpaired) electrons. The van der Waals surface area contributed by atoms with E-state index in [2.05, 4.69) is 24.1 Å². The van der Waals surface area contributed by atoms with Gasteiger partial charge in [-0.25, -0.2) is 9.78 Å². The van der Waals surface area contributed by atoms with Crippen molar-refractivity contribution >= 4 is 28.3 Å². The number of thiazole rings is 1. The first-order valence-corrected chi connectivity index (χ1v) is 8.89. The smallest absolute Gasteiger partial charge is 0.350 e. The van der Waals surface area contributed by atoms with E-state index in [9.17, 15) is 9.59 Å². The Labute approximate surface area is 151 Å². The molecule has 0 atom stereocenters. The summed E-state index contributed by atoms with van der Waals surface area (Å²) < 4.78 is 10.4. The Kier molecular flexibility index (Phi) is 6.52. The van der Waals surface area contributed by atoms with Crippen LogP contribution in [-0.4, -0.2) is 30.1 Å². The van der Waals surface area contributed by atoms with Gasteiger partial charge in [0.2, 0.25) is 0 Å². The van der Waals surface area contributed by atoms with Crippen LogP contribution < -0.4 is 10.1 Å². The van der Waals surface area contributed by atoms with Gasteiger partial charge in [-0.3, -0.25) is 10.1 Å². The number of aryl methyl sites for hydroxylation is 1. The van der Waals surface area contributed by atoms with Gasteiger partial charge in [-0.1, -0.05) is 37.3 Å². The summed E-state index contributed by atoms with van der Waals surface area (Å²) in [5.74, 6) is 0.303. The predicted octanol–water partition coefficient (Wildman–Crippen LogP) is 3.77. The molecule has 134 valence electrons. The van der Waals surface area contributed by atoms with Gasteiger partial charge in [0.25, 0.3) is 5.91 Å². The Balaban J connectivity index is 1.90. The van der Waals surface area contributed by atoms with Gasteiger partial charge in [-0.2, -0.15) is 0 Å². The second-order valence-electron chi connectivity index (χ2n) is 5.71. The maximum Gasteiger partial charge on any atom is 0.350 e. The van der Waals surface area contributed by atoms with E-state index in [0.717, 1.165) is 11.3 Å². The van der Waals surface area contributed by atoms with Crippen molar-refractivity contribution in [1.82, 2.24) is 4.98 Å². The molecule has 0 spiro atoms. The Morgan fingerprint density at radius 3 is 2.52 bits per heavy atom. The number of rotatable bonds is 7. The molecule has 0 saturated heterocycles. The SMILES string of the molecule is CCOC(=O)c1sc(NC(=O)COc2ccc(C(C)C)cc2)nc1C. The van der Waals surface area contributed by atoms with Crippen LogP contribution in [0.4, 0.5) is 5.13 Å². The highest BCUT2D eigenvalue weighted by Gasteiger charge is 2.17. The van der Waals surface area contributed by atoms with E-state index in [1.165, 1.54) is 5.56 Å². The molecule has 0 aliphatic rings.